The normalized spacial score (nSPS) is 10.1. The van der Waals surface area contributed by atoms with Gasteiger partial charge in [-0.15, -0.1) is 11.3 Å². The van der Waals surface area contributed by atoms with Crippen LogP contribution in [-0.2, 0) is 0 Å². The molecule has 0 aliphatic rings. The second kappa shape index (κ2) is 9.82. The fraction of sp³-hybridized carbons (Fsp3) is 0. The molecule has 1 amide bonds. The first-order valence-corrected chi connectivity index (χ1v) is 9.73. The van der Waals surface area contributed by atoms with Gasteiger partial charge in [-0.2, -0.15) is 0 Å². The van der Waals surface area contributed by atoms with Crippen molar-refractivity contribution < 1.29 is 45.7 Å². The van der Waals surface area contributed by atoms with Crippen LogP contribution in [0, 0.1) is 0 Å². The maximum absolute atomic E-state index is 12.8. The van der Waals surface area contributed by atoms with Crippen molar-refractivity contribution in [3.05, 3.63) is 95.6 Å². The number of nitrogens with one attached hydrogen (secondary N) is 1. The van der Waals surface area contributed by atoms with Crippen molar-refractivity contribution in [2.45, 2.75) is 0 Å². The molecule has 0 saturated carbocycles. The van der Waals surface area contributed by atoms with E-state index in [2.05, 4.69) is 10.3 Å². The molecule has 0 spiro atoms. The maximum atomic E-state index is 12.8. The van der Waals surface area contributed by atoms with Gasteiger partial charge in [0, 0.05) is 22.8 Å². The molecule has 2 N–H and O–H groups in total. The topological polar surface area (TPSA) is 79.3 Å². The quantitative estimate of drug-likeness (QED) is 0.483. The predicted octanol–water partition coefficient (Wildman–Crippen LogP) is 2.54. The molecule has 0 fully saturated rings. The van der Waals surface area contributed by atoms with Gasteiger partial charge in [0.25, 0.3) is 5.91 Å². The van der Waals surface area contributed by atoms with Crippen molar-refractivity contribution in [1.82, 2.24) is 4.98 Å². The van der Waals surface area contributed by atoms with Gasteiger partial charge in [0.1, 0.15) is 0 Å². The number of thiophene rings is 1. The van der Waals surface area contributed by atoms with Crippen molar-refractivity contribution in [3.63, 3.8) is 0 Å². The first-order chi connectivity index (χ1) is 14.1. The summed E-state index contributed by atoms with van der Waals surface area (Å²) < 4.78 is 0. The van der Waals surface area contributed by atoms with Crippen LogP contribution in [0.15, 0.2) is 84.5 Å². The van der Waals surface area contributed by atoms with E-state index in [1.54, 1.807) is 35.7 Å². The van der Waals surface area contributed by atoms with E-state index < -0.39 is 11.9 Å². The van der Waals surface area contributed by atoms with Crippen LogP contribution in [0.1, 0.15) is 22.1 Å². The summed E-state index contributed by atoms with van der Waals surface area (Å²) in [6, 6.07) is 20.1. The molecule has 0 aliphatic carbocycles. The minimum absolute atomic E-state index is 0. The van der Waals surface area contributed by atoms with E-state index >= 15 is 0 Å². The Labute approximate surface area is 201 Å². The van der Waals surface area contributed by atoms with Gasteiger partial charge >= 0.3 is 35.5 Å². The summed E-state index contributed by atoms with van der Waals surface area (Å²) in [5, 5.41) is 14.2. The molecule has 30 heavy (non-hydrogen) atoms. The number of aromatic carboxylic acids is 1. The third-order valence-electron chi connectivity index (χ3n) is 4.41. The predicted molar refractivity (Wildman–Crippen MR) is 115 cm³/mol. The number of pyridine rings is 1. The van der Waals surface area contributed by atoms with Gasteiger partial charge in [-0.1, -0.05) is 42.5 Å². The van der Waals surface area contributed by atoms with Gasteiger partial charge in [0.05, 0.1) is 16.8 Å². The zero-order chi connectivity index (χ0) is 20.2. The molecule has 2 heterocycles. The first kappa shape index (κ1) is 21.9. The van der Waals surface area contributed by atoms with E-state index in [9.17, 15) is 14.7 Å². The molecule has 0 unspecified atom stereocenters. The van der Waals surface area contributed by atoms with E-state index in [1.807, 2.05) is 47.8 Å². The van der Waals surface area contributed by atoms with Crippen LogP contribution in [0.3, 0.4) is 0 Å². The van der Waals surface area contributed by atoms with E-state index in [0.717, 1.165) is 21.6 Å². The van der Waals surface area contributed by atoms with Crippen molar-refractivity contribution in [2.24, 2.45) is 0 Å². The SMILES string of the molecule is O=C(Nc1cc(-c2cccs2)ccc1C(=O)O)c1cncc(-c2ccccc2)c1.[H-].[Na+]. The third kappa shape index (κ3) is 4.86. The van der Waals surface area contributed by atoms with Crippen molar-refractivity contribution in [1.29, 1.82) is 0 Å². The molecule has 4 rings (SSSR count). The van der Waals surface area contributed by atoms with Gasteiger partial charge in [-0.25, -0.2) is 4.79 Å². The first-order valence-electron chi connectivity index (χ1n) is 8.85. The van der Waals surface area contributed by atoms with Crippen molar-refractivity contribution in [3.8, 4) is 21.6 Å². The number of aromatic nitrogens is 1. The fourth-order valence-corrected chi connectivity index (χ4v) is 3.70. The minimum Gasteiger partial charge on any atom is -1.00 e. The average Bonchev–Trinajstić information content (AvgIpc) is 3.29. The van der Waals surface area contributed by atoms with Crippen LogP contribution in [0.5, 0.6) is 0 Å². The molecule has 5 nitrogen and oxygen atoms in total. The van der Waals surface area contributed by atoms with Crippen LogP contribution in [-0.4, -0.2) is 22.0 Å². The maximum Gasteiger partial charge on any atom is 1.00 e. The van der Waals surface area contributed by atoms with E-state index in [1.165, 1.54) is 12.3 Å². The number of anilines is 1. The van der Waals surface area contributed by atoms with Gasteiger partial charge in [-0.05, 0) is 40.8 Å². The number of rotatable bonds is 5. The molecule has 2 aromatic carbocycles. The molecule has 0 bridgehead atoms. The smallest absolute Gasteiger partial charge is 1.00 e. The summed E-state index contributed by atoms with van der Waals surface area (Å²) >= 11 is 1.54. The number of amides is 1. The second-order valence-corrected chi connectivity index (χ2v) is 7.27. The number of carboxylic acids is 1. The van der Waals surface area contributed by atoms with Gasteiger partial charge < -0.3 is 11.8 Å². The average molecular weight is 424 g/mol. The molecule has 0 radical (unpaired) electrons. The Hall–Kier alpha value is -2.77. The zero-order valence-electron chi connectivity index (χ0n) is 17.2. The number of carbonyl (C=O) groups is 2. The number of hydrogen-bond acceptors (Lipinski definition) is 4. The third-order valence-corrected chi connectivity index (χ3v) is 5.33. The summed E-state index contributed by atoms with van der Waals surface area (Å²) in [5.41, 5.74) is 3.23. The largest absolute Gasteiger partial charge is 1.00 e. The molecule has 4 aromatic rings. The molecule has 7 heteroatoms. The van der Waals surface area contributed by atoms with Crippen LogP contribution in [0.4, 0.5) is 5.69 Å². The second-order valence-electron chi connectivity index (χ2n) is 6.33. The van der Waals surface area contributed by atoms with E-state index in [4.69, 9.17) is 0 Å². The number of carboxylic acid groups (broad SMARTS) is 1. The van der Waals surface area contributed by atoms with Crippen molar-refractivity contribution in [2.75, 3.05) is 5.32 Å². The van der Waals surface area contributed by atoms with E-state index in [0.29, 0.717) is 5.56 Å². The summed E-state index contributed by atoms with van der Waals surface area (Å²) in [5.74, 6) is -1.52. The monoisotopic (exact) mass is 424 g/mol. The Morgan fingerprint density at radius 2 is 1.70 bits per heavy atom. The van der Waals surface area contributed by atoms with Crippen molar-refractivity contribution >= 4 is 28.9 Å². The summed E-state index contributed by atoms with van der Waals surface area (Å²) in [7, 11) is 0. The number of carbonyl (C=O) groups excluding carboxylic acids is 1. The van der Waals surface area contributed by atoms with Crippen LogP contribution in [0.25, 0.3) is 21.6 Å². The molecular weight excluding hydrogens is 407 g/mol. The Kier molecular flexibility index (Phi) is 7.18. The van der Waals surface area contributed by atoms with Gasteiger partial charge in [0.15, 0.2) is 0 Å². The number of benzene rings is 2. The Balaban J connectivity index is 0.00000171. The summed E-state index contributed by atoms with van der Waals surface area (Å²) in [6.45, 7) is 0. The van der Waals surface area contributed by atoms with Crippen LogP contribution >= 0.6 is 11.3 Å². The minimum atomic E-state index is -1.10. The molecular formula is C23H17N2NaO3S. The zero-order valence-corrected chi connectivity index (χ0v) is 19.0. The molecule has 0 aliphatic heterocycles. The molecule has 0 saturated heterocycles. The molecule has 2 aromatic heterocycles. The molecule has 144 valence electrons. The fourth-order valence-electron chi connectivity index (χ4n) is 2.98. The van der Waals surface area contributed by atoms with Gasteiger partial charge in [-0.3, -0.25) is 9.78 Å². The van der Waals surface area contributed by atoms with Crippen LogP contribution in [0.2, 0.25) is 0 Å². The Bertz CT molecular complexity index is 1180. The summed E-state index contributed by atoms with van der Waals surface area (Å²) in [4.78, 5) is 29.6. The molecule has 0 atom stereocenters. The van der Waals surface area contributed by atoms with Gasteiger partial charge in [0.2, 0.25) is 0 Å². The number of nitrogens with zero attached hydrogens (tertiary/aromatic N) is 1. The standard InChI is InChI=1S/C23H16N2O3S.Na.H/c26-22(18-11-17(13-24-14-18)15-5-2-1-3-6-15)25-20-12-16(21-7-4-10-29-21)8-9-19(20)23(27)28;;/h1-14H,(H,25,26)(H,27,28);;/q;+1;-1. The van der Waals surface area contributed by atoms with E-state index in [-0.39, 0.29) is 42.2 Å². The Morgan fingerprint density at radius 3 is 2.40 bits per heavy atom. The van der Waals surface area contributed by atoms with Crippen LogP contribution < -0.4 is 34.9 Å². The Morgan fingerprint density at radius 1 is 0.900 bits per heavy atom. The number of hydrogen-bond donors (Lipinski definition) is 2. The summed E-state index contributed by atoms with van der Waals surface area (Å²) in [6.07, 6.45) is 3.15.